The summed E-state index contributed by atoms with van der Waals surface area (Å²) in [6.45, 7) is 2.62. The number of nitrogens with zero attached hydrogens (tertiary/aromatic N) is 3. The van der Waals surface area contributed by atoms with Crippen LogP contribution in [0.1, 0.15) is 17.0 Å². The lowest BCUT2D eigenvalue weighted by Crippen LogP contribution is -2.05. The standard InChI is InChI=1S/C12H12N4S2/c1-8-15-12(18-16-8)17-11-4-3-9(7-14-2)5-10(11)6-13/h3-5,14H,7H2,1-2H3. The van der Waals surface area contributed by atoms with Gasteiger partial charge in [0.2, 0.25) is 0 Å². The molecule has 0 spiro atoms. The van der Waals surface area contributed by atoms with Crippen LogP contribution in [0.25, 0.3) is 0 Å². The van der Waals surface area contributed by atoms with Crippen molar-refractivity contribution in [2.24, 2.45) is 0 Å². The van der Waals surface area contributed by atoms with Crippen LogP contribution < -0.4 is 5.32 Å². The maximum atomic E-state index is 9.18. The van der Waals surface area contributed by atoms with Gasteiger partial charge in [-0.15, -0.1) is 0 Å². The highest BCUT2D eigenvalue weighted by Gasteiger charge is 2.08. The molecule has 1 N–H and O–H groups in total. The largest absolute Gasteiger partial charge is 0.316 e. The lowest BCUT2D eigenvalue weighted by atomic mass is 10.1. The summed E-state index contributed by atoms with van der Waals surface area (Å²) in [5.41, 5.74) is 1.78. The highest BCUT2D eigenvalue weighted by molar-refractivity contribution is 8.01. The monoisotopic (exact) mass is 276 g/mol. The Kier molecular flexibility index (Phi) is 4.31. The van der Waals surface area contributed by atoms with E-state index in [1.54, 1.807) is 0 Å². The topological polar surface area (TPSA) is 61.6 Å². The minimum atomic E-state index is 0.681. The summed E-state index contributed by atoms with van der Waals surface area (Å²) in [4.78, 5) is 5.21. The number of nitriles is 1. The zero-order chi connectivity index (χ0) is 13.0. The van der Waals surface area contributed by atoms with Crippen LogP contribution in [-0.2, 0) is 6.54 Å². The van der Waals surface area contributed by atoms with Gasteiger partial charge in [0.25, 0.3) is 0 Å². The first kappa shape index (κ1) is 13.0. The van der Waals surface area contributed by atoms with Crippen molar-refractivity contribution < 1.29 is 0 Å². The minimum Gasteiger partial charge on any atom is -0.316 e. The predicted octanol–water partition coefficient (Wildman–Crippen LogP) is 2.59. The highest BCUT2D eigenvalue weighted by atomic mass is 32.2. The molecule has 0 fully saturated rings. The molecule has 0 saturated heterocycles. The molecule has 1 heterocycles. The third-order valence-electron chi connectivity index (χ3n) is 2.25. The van der Waals surface area contributed by atoms with Gasteiger partial charge in [-0.2, -0.15) is 9.64 Å². The van der Waals surface area contributed by atoms with Crippen molar-refractivity contribution in [2.75, 3.05) is 7.05 Å². The van der Waals surface area contributed by atoms with Crippen LogP contribution in [0, 0.1) is 18.3 Å². The van der Waals surface area contributed by atoms with Gasteiger partial charge in [-0.1, -0.05) is 17.8 Å². The van der Waals surface area contributed by atoms with E-state index in [-0.39, 0.29) is 0 Å². The van der Waals surface area contributed by atoms with Crippen LogP contribution in [0.3, 0.4) is 0 Å². The molecule has 2 rings (SSSR count). The number of hydrogen-bond acceptors (Lipinski definition) is 6. The molecular formula is C12H12N4S2. The quantitative estimate of drug-likeness (QED) is 0.930. The number of aromatic nitrogens is 2. The van der Waals surface area contributed by atoms with Gasteiger partial charge in [-0.25, -0.2) is 4.98 Å². The number of rotatable bonds is 4. The molecule has 18 heavy (non-hydrogen) atoms. The van der Waals surface area contributed by atoms with Gasteiger partial charge in [0, 0.05) is 11.4 Å². The Bertz CT molecular complexity index is 586. The second-order valence-electron chi connectivity index (χ2n) is 3.68. The summed E-state index contributed by atoms with van der Waals surface area (Å²) in [6, 6.07) is 8.13. The number of hydrogen-bond donors (Lipinski definition) is 1. The summed E-state index contributed by atoms with van der Waals surface area (Å²) in [5, 5.41) is 12.2. The Hall–Kier alpha value is -1.42. The van der Waals surface area contributed by atoms with E-state index in [1.165, 1.54) is 23.3 Å². The van der Waals surface area contributed by atoms with Gasteiger partial charge < -0.3 is 5.32 Å². The van der Waals surface area contributed by atoms with E-state index < -0.39 is 0 Å². The number of benzene rings is 1. The van der Waals surface area contributed by atoms with Crippen molar-refractivity contribution >= 4 is 23.3 Å². The van der Waals surface area contributed by atoms with E-state index in [0.29, 0.717) is 5.56 Å². The lowest BCUT2D eigenvalue weighted by molar-refractivity contribution is 0.816. The first-order valence-corrected chi connectivity index (χ1v) is 6.97. The minimum absolute atomic E-state index is 0.681. The first-order chi connectivity index (χ1) is 8.72. The average Bonchev–Trinajstić information content (AvgIpc) is 2.77. The van der Waals surface area contributed by atoms with Crippen LogP contribution in [0.4, 0.5) is 0 Å². The van der Waals surface area contributed by atoms with Crippen molar-refractivity contribution in [3.63, 3.8) is 0 Å². The molecule has 0 bridgehead atoms. The molecule has 0 aliphatic rings. The van der Waals surface area contributed by atoms with Gasteiger partial charge in [0.05, 0.1) is 5.56 Å². The van der Waals surface area contributed by atoms with E-state index in [9.17, 15) is 5.26 Å². The first-order valence-electron chi connectivity index (χ1n) is 5.38. The lowest BCUT2D eigenvalue weighted by Gasteiger charge is -2.04. The summed E-state index contributed by atoms with van der Waals surface area (Å²) < 4.78 is 5.00. The molecule has 6 heteroatoms. The molecule has 1 aromatic heterocycles. The van der Waals surface area contributed by atoms with Crippen LogP contribution in [0.2, 0.25) is 0 Å². The van der Waals surface area contributed by atoms with E-state index in [1.807, 2.05) is 32.2 Å². The molecule has 2 aromatic rings. The van der Waals surface area contributed by atoms with Gasteiger partial charge >= 0.3 is 0 Å². The third kappa shape index (κ3) is 3.07. The van der Waals surface area contributed by atoms with E-state index in [2.05, 4.69) is 20.7 Å². The molecule has 1 aromatic carbocycles. The van der Waals surface area contributed by atoms with Crippen molar-refractivity contribution in [3.8, 4) is 6.07 Å². The number of nitrogens with one attached hydrogen (secondary N) is 1. The molecule has 4 nitrogen and oxygen atoms in total. The molecule has 0 atom stereocenters. The zero-order valence-corrected chi connectivity index (χ0v) is 11.7. The molecule has 92 valence electrons. The Morgan fingerprint density at radius 1 is 1.50 bits per heavy atom. The average molecular weight is 276 g/mol. The molecule has 0 unspecified atom stereocenters. The van der Waals surface area contributed by atoms with Crippen LogP contribution in [0.15, 0.2) is 27.4 Å². The van der Waals surface area contributed by atoms with E-state index >= 15 is 0 Å². The molecular weight excluding hydrogens is 264 g/mol. The fourth-order valence-electron chi connectivity index (χ4n) is 1.48. The maximum absolute atomic E-state index is 9.18. The number of aryl methyl sites for hydroxylation is 1. The summed E-state index contributed by atoms with van der Waals surface area (Å²) >= 11 is 2.85. The maximum Gasteiger partial charge on any atom is 0.174 e. The Morgan fingerprint density at radius 2 is 2.33 bits per heavy atom. The molecule has 0 saturated carbocycles. The summed E-state index contributed by atoms with van der Waals surface area (Å²) in [7, 11) is 1.89. The second-order valence-corrected chi connectivity index (χ2v) is 5.72. The van der Waals surface area contributed by atoms with E-state index in [4.69, 9.17) is 0 Å². The predicted molar refractivity (Wildman–Crippen MR) is 72.7 cm³/mol. The van der Waals surface area contributed by atoms with Crippen molar-refractivity contribution in [2.45, 2.75) is 22.7 Å². The zero-order valence-electron chi connectivity index (χ0n) is 10.1. The van der Waals surface area contributed by atoms with Gasteiger partial charge in [0.1, 0.15) is 11.9 Å². The second kappa shape index (κ2) is 5.96. The van der Waals surface area contributed by atoms with Crippen molar-refractivity contribution in [3.05, 3.63) is 35.2 Å². The Morgan fingerprint density at radius 3 is 2.94 bits per heavy atom. The van der Waals surface area contributed by atoms with Crippen molar-refractivity contribution in [1.29, 1.82) is 5.26 Å². The smallest absolute Gasteiger partial charge is 0.174 e. The van der Waals surface area contributed by atoms with Crippen LogP contribution >= 0.6 is 23.3 Å². The van der Waals surface area contributed by atoms with Gasteiger partial charge in [-0.3, -0.25) is 0 Å². The Balaban J connectivity index is 2.25. The summed E-state index contributed by atoms with van der Waals surface area (Å²) in [5.74, 6) is 0.771. The van der Waals surface area contributed by atoms with Crippen molar-refractivity contribution in [1.82, 2.24) is 14.7 Å². The highest BCUT2D eigenvalue weighted by Crippen LogP contribution is 2.31. The Labute approximate surface area is 114 Å². The van der Waals surface area contributed by atoms with Gasteiger partial charge in [0.15, 0.2) is 4.34 Å². The summed E-state index contributed by atoms with van der Waals surface area (Å²) in [6.07, 6.45) is 0. The molecule has 0 amide bonds. The SMILES string of the molecule is CNCc1ccc(Sc2nc(C)ns2)c(C#N)c1. The van der Waals surface area contributed by atoms with E-state index in [0.717, 1.165) is 27.2 Å². The van der Waals surface area contributed by atoms with Crippen LogP contribution in [-0.4, -0.2) is 16.4 Å². The van der Waals surface area contributed by atoms with Gasteiger partial charge in [-0.05, 0) is 43.2 Å². The normalized spacial score (nSPS) is 10.3. The molecule has 0 aliphatic carbocycles. The van der Waals surface area contributed by atoms with Crippen LogP contribution in [0.5, 0.6) is 0 Å². The third-order valence-corrected chi connectivity index (χ3v) is 4.17. The fraction of sp³-hybridized carbons (Fsp3) is 0.250. The molecule has 0 radical (unpaired) electrons. The molecule has 0 aliphatic heterocycles. The fourth-order valence-corrected chi connectivity index (χ4v) is 3.15.